The molecule has 0 fully saturated rings. The third kappa shape index (κ3) is 2.78. The van der Waals surface area contributed by atoms with Crippen LogP contribution in [-0.2, 0) is 6.18 Å². The smallest absolute Gasteiger partial charge is 0.298 e. The number of rotatable bonds is 2. The molecule has 0 aliphatic heterocycles. The first-order valence-corrected chi connectivity index (χ1v) is 5.37. The van der Waals surface area contributed by atoms with Gasteiger partial charge in [0.15, 0.2) is 6.29 Å². The van der Waals surface area contributed by atoms with E-state index in [4.69, 9.17) is 0 Å². The third-order valence-corrected chi connectivity index (χ3v) is 2.55. The number of alkyl halides is 3. The molecule has 2 aromatic rings. The molecule has 0 amide bonds. The number of nitrogens with zero attached hydrogens (tertiary/aromatic N) is 2. The van der Waals surface area contributed by atoms with Crippen LogP contribution in [0.3, 0.4) is 0 Å². The molecule has 1 heterocycles. The highest BCUT2D eigenvalue weighted by Crippen LogP contribution is 2.28. The minimum atomic E-state index is -4.57. The van der Waals surface area contributed by atoms with Crippen molar-refractivity contribution >= 4 is 6.29 Å². The van der Waals surface area contributed by atoms with Crippen molar-refractivity contribution in [3.05, 3.63) is 47.5 Å². The highest BCUT2D eigenvalue weighted by molar-refractivity contribution is 5.87. The number of benzene rings is 1. The average Bonchev–Trinajstić information content (AvgIpc) is 2.37. The predicted molar refractivity (Wildman–Crippen MR) is 62.6 cm³/mol. The monoisotopic (exact) mass is 266 g/mol. The summed E-state index contributed by atoms with van der Waals surface area (Å²) in [5.74, 6) is -1.20. The van der Waals surface area contributed by atoms with Crippen molar-refractivity contribution in [2.45, 2.75) is 13.1 Å². The molecular formula is C13H9F3N2O. The van der Waals surface area contributed by atoms with Crippen LogP contribution in [0.1, 0.15) is 21.7 Å². The van der Waals surface area contributed by atoms with Gasteiger partial charge in [0.1, 0.15) is 0 Å². The van der Waals surface area contributed by atoms with E-state index in [1.165, 1.54) is 0 Å². The highest BCUT2D eigenvalue weighted by Gasteiger charge is 2.34. The summed E-state index contributed by atoms with van der Waals surface area (Å²) in [5, 5.41) is 0. The van der Waals surface area contributed by atoms with Crippen LogP contribution in [0.25, 0.3) is 11.1 Å². The zero-order valence-corrected chi connectivity index (χ0v) is 9.90. The molecule has 19 heavy (non-hydrogen) atoms. The van der Waals surface area contributed by atoms with Gasteiger partial charge in [0.25, 0.3) is 0 Å². The normalized spacial score (nSPS) is 11.4. The Morgan fingerprint density at radius 3 is 2.32 bits per heavy atom. The molecule has 0 saturated carbocycles. The fourth-order valence-electron chi connectivity index (χ4n) is 1.66. The van der Waals surface area contributed by atoms with E-state index in [-0.39, 0.29) is 0 Å². The van der Waals surface area contributed by atoms with Crippen molar-refractivity contribution in [2.24, 2.45) is 0 Å². The molecule has 0 unspecified atom stereocenters. The molecule has 98 valence electrons. The van der Waals surface area contributed by atoms with E-state index >= 15 is 0 Å². The molecule has 0 radical (unpaired) electrons. The van der Waals surface area contributed by atoms with E-state index in [1.807, 2.05) is 6.92 Å². The molecule has 1 aromatic heterocycles. The van der Waals surface area contributed by atoms with E-state index in [2.05, 4.69) is 9.97 Å². The van der Waals surface area contributed by atoms with Crippen molar-refractivity contribution in [3.63, 3.8) is 0 Å². The topological polar surface area (TPSA) is 42.9 Å². The minimum Gasteiger partial charge on any atom is -0.298 e. The second-order valence-corrected chi connectivity index (χ2v) is 4.00. The lowest BCUT2D eigenvalue weighted by atomic mass is 10.0. The van der Waals surface area contributed by atoms with Gasteiger partial charge in [-0.15, -0.1) is 0 Å². The number of hydrogen-bond donors (Lipinski definition) is 0. The van der Waals surface area contributed by atoms with Gasteiger partial charge in [-0.3, -0.25) is 4.79 Å². The summed E-state index contributed by atoms with van der Waals surface area (Å²) in [6.07, 6.45) is -1.79. The van der Waals surface area contributed by atoms with Gasteiger partial charge in [0.2, 0.25) is 5.82 Å². The Labute approximate surface area is 107 Å². The summed E-state index contributed by atoms with van der Waals surface area (Å²) in [6, 6.07) is 5.07. The molecule has 0 aliphatic rings. The number of carbonyl (C=O) groups excluding carboxylic acids is 1. The largest absolute Gasteiger partial charge is 0.451 e. The van der Waals surface area contributed by atoms with Crippen molar-refractivity contribution in [1.29, 1.82) is 0 Å². The molecule has 0 spiro atoms. The quantitative estimate of drug-likeness (QED) is 0.783. The maximum absolute atomic E-state index is 12.3. The maximum atomic E-state index is 12.3. The summed E-state index contributed by atoms with van der Waals surface area (Å²) in [5.41, 5.74) is 2.16. The maximum Gasteiger partial charge on any atom is 0.451 e. The van der Waals surface area contributed by atoms with Crippen LogP contribution in [0.2, 0.25) is 0 Å². The molecule has 0 atom stereocenters. The summed E-state index contributed by atoms with van der Waals surface area (Å²) in [6.45, 7) is 1.82. The lowest BCUT2D eigenvalue weighted by Gasteiger charge is -2.07. The Bertz CT molecular complexity index is 606. The molecule has 0 N–H and O–H groups in total. The van der Waals surface area contributed by atoms with E-state index in [9.17, 15) is 18.0 Å². The minimum absolute atomic E-state index is 0.370. The van der Waals surface area contributed by atoms with Gasteiger partial charge in [0, 0.05) is 23.5 Å². The van der Waals surface area contributed by atoms with E-state index in [0.717, 1.165) is 18.0 Å². The summed E-state index contributed by atoms with van der Waals surface area (Å²) >= 11 is 0. The fraction of sp³-hybridized carbons (Fsp3) is 0.154. The molecule has 0 aliphatic carbocycles. The van der Waals surface area contributed by atoms with Crippen molar-refractivity contribution in [2.75, 3.05) is 0 Å². The zero-order valence-electron chi connectivity index (χ0n) is 9.90. The van der Waals surface area contributed by atoms with Crippen LogP contribution in [0, 0.1) is 6.92 Å². The molecule has 3 nitrogen and oxygen atoms in total. The van der Waals surface area contributed by atoms with Gasteiger partial charge in [-0.2, -0.15) is 13.2 Å². The Kier molecular flexibility index (Phi) is 3.33. The lowest BCUT2D eigenvalue weighted by molar-refractivity contribution is -0.144. The Morgan fingerprint density at radius 2 is 1.79 bits per heavy atom. The Morgan fingerprint density at radius 1 is 1.16 bits per heavy atom. The van der Waals surface area contributed by atoms with E-state index in [1.54, 1.807) is 18.2 Å². The number of aryl methyl sites for hydroxylation is 1. The first-order chi connectivity index (χ1) is 8.91. The zero-order chi connectivity index (χ0) is 14.0. The predicted octanol–water partition coefficient (Wildman–Crippen LogP) is 3.28. The van der Waals surface area contributed by atoms with Crippen LogP contribution in [0.4, 0.5) is 13.2 Å². The SMILES string of the molecule is Cc1ccc(-c2cnc(C(F)(F)F)nc2)c(C=O)c1. The summed E-state index contributed by atoms with van der Waals surface area (Å²) in [7, 11) is 0. The molecule has 6 heteroatoms. The van der Waals surface area contributed by atoms with Gasteiger partial charge in [-0.25, -0.2) is 9.97 Å². The number of hydrogen-bond acceptors (Lipinski definition) is 3. The van der Waals surface area contributed by atoms with Crippen LogP contribution < -0.4 is 0 Å². The Hall–Kier alpha value is -2.24. The number of aromatic nitrogens is 2. The average molecular weight is 266 g/mol. The molecule has 1 aromatic carbocycles. The first-order valence-electron chi connectivity index (χ1n) is 5.37. The first kappa shape index (κ1) is 13.2. The van der Waals surface area contributed by atoms with Gasteiger partial charge in [-0.1, -0.05) is 17.7 Å². The van der Waals surface area contributed by atoms with Gasteiger partial charge in [0.05, 0.1) is 0 Å². The van der Waals surface area contributed by atoms with Gasteiger partial charge in [-0.05, 0) is 18.6 Å². The number of carbonyl (C=O) groups is 1. The fourth-order valence-corrected chi connectivity index (χ4v) is 1.66. The standard InChI is InChI=1S/C13H9F3N2O/c1-8-2-3-11(9(4-8)7-19)10-5-17-12(18-6-10)13(14,15)16/h2-7H,1H3. The third-order valence-electron chi connectivity index (χ3n) is 2.55. The van der Waals surface area contributed by atoms with Gasteiger partial charge >= 0.3 is 6.18 Å². The second-order valence-electron chi connectivity index (χ2n) is 4.00. The summed E-state index contributed by atoms with van der Waals surface area (Å²) < 4.78 is 37.0. The number of aldehydes is 1. The van der Waals surface area contributed by atoms with E-state index < -0.39 is 12.0 Å². The lowest BCUT2D eigenvalue weighted by Crippen LogP contribution is -2.10. The molecular weight excluding hydrogens is 257 g/mol. The van der Waals surface area contributed by atoms with Gasteiger partial charge < -0.3 is 0 Å². The van der Waals surface area contributed by atoms with Crippen LogP contribution >= 0.6 is 0 Å². The van der Waals surface area contributed by atoms with Crippen LogP contribution in [0.5, 0.6) is 0 Å². The molecule has 0 bridgehead atoms. The second kappa shape index (κ2) is 4.79. The van der Waals surface area contributed by atoms with Crippen molar-refractivity contribution in [3.8, 4) is 11.1 Å². The Balaban J connectivity index is 2.46. The number of halogens is 3. The summed E-state index contributed by atoms with van der Waals surface area (Å²) in [4.78, 5) is 17.5. The highest BCUT2D eigenvalue weighted by atomic mass is 19.4. The van der Waals surface area contributed by atoms with Crippen molar-refractivity contribution < 1.29 is 18.0 Å². The van der Waals surface area contributed by atoms with Crippen LogP contribution in [0.15, 0.2) is 30.6 Å². The molecule has 0 saturated heterocycles. The van der Waals surface area contributed by atoms with Crippen LogP contribution in [-0.4, -0.2) is 16.3 Å². The van der Waals surface area contributed by atoms with E-state index in [0.29, 0.717) is 23.0 Å². The molecule has 2 rings (SSSR count). The van der Waals surface area contributed by atoms with Crippen molar-refractivity contribution in [1.82, 2.24) is 9.97 Å².